The van der Waals surface area contributed by atoms with E-state index in [1.165, 1.54) is 16.8 Å². The van der Waals surface area contributed by atoms with Crippen molar-refractivity contribution < 1.29 is 4.57 Å². The molecular formula is C16H16N3+. The van der Waals surface area contributed by atoms with Crippen LogP contribution in [0, 0.1) is 6.92 Å². The average Bonchev–Trinajstić information content (AvgIpc) is 2.93. The van der Waals surface area contributed by atoms with Crippen LogP contribution in [-0.2, 0) is 7.05 Å². The van der Waals surface area contributed by atoms with Crippen LogP contribution in [0.1, 0.15) is 5.56 Å². The van der Waals surface area contributed by atoms with E-state index in [2.05, 4.69) is 66.1 Å². The number of aryl methyl sites for hydroxylation is 2. The monoisotopic (exact) mass is 250 g/mol. The Morgan fingerprint density at radius 1 is 1.11 bits per heavy atom. The molecular weight excluding hydrogens is 234 g/mol. The third-order valence-corrected chi connectivity index (χ3v) is 3.34. The van der Waals surface area contributed by atoms with Crippen molar-refractivity contribution in [1.29, 1.82) is 0 Å². The Hall–Kier alpha value is -2.42. The number of benzene rings is 1. The molecule has 0 aliphatic rings. The predicted molar refractivity (Wildman–Crippen MR) is 74.9 cm³/mol. The summed E-state index contributed by atoms with van der Waals surface area (Å²) < 4.78 is 4.19. The van der Waals surface area contributed by atoms with Crippen molar-refractivity contribution in [3.63, 3.8) is 0 Å². The van der Waals surface area contributed by atoms with Crippen LogP contribution in [0.25, 0.3) is 16.9 Å². The van der Waals surface area contributed by atoms with Crippen LogP contribution in [0.2, 0.25) is 0 Å². The highest BCUT2D eigenvalue weighted by atomic mass is 15.1. The Kier molecular flexibility index (Phi) is 2.88. The van der Waals surface area contributed by atoms with Gasteiger partial charge in [-0.25, -0.2) is 4.98 Å². The average molecular weight is 250 g/mol. The van der Waals surface area contributed by atoms with Gasteiger partial charge in [0.2, 0.25) is 5.69 Å². The van der Waals surface area contributed by atoms with Crippen molar-refractivity contribution in [3.05, 3.63) is 66.9 Å². The molecule has 0 spiro atoms. The molecule has 0 aliphatic carbocycles. The van der Waals surface area contributed by atoms with Gasteiger partial charge < -0.3 is 4.57 Å². The zero-order valence-corrected chi connectivity index (χ0v) is 11.1. The van der Waals surface area contributed by atoms with Crippen LogP contribution >= 0.6 is 0 Å². The molecule has 2 heterocycles. The predicted octanol–water partition coefficient (Wildman–Crippen LogP) is 2.67. The van der Waals surface area contributed by atoms with Crippen LogP contribution in [0.5, 0.6) is 0 Å². The van der Waals surface area contributed by atoms with E-state index in [-0.39, 0.29) is 0 Å². The molecule has 2 aromatic heterocycles. The minimum Gasteiger partial charge on any atom is -0.300 e. The standard InChI is InChI=1S/C16H16N3/c1-13-6-3-4-7-14(13)16-15(8-5-10-18(16)2)19-11-9-17-12-19/h3-12H,1-2H3/q+1. The zero-order valence-electron chi connectivity index (χ0n) is 11.1. The van der Waals surface area contributed by atoms with E-state index in [1.807, 2.05) is 17.1 Å². The number of nitrogens with zero attached hydrogens (tertiary/aromatic N) is 3. The highest BCUT2D eigenvalue weighted by molar-refractivity contribution is 5.69. The summed E-state index contributed by atoms with van der Waals surface area (Å²) in [6.07, 6.45) is 7.67. The molecule has 0 atom stereocenters. The molecule has 0 aliphatic heterocycles. The second kappa shape index (κ2) is 4.69. The van der Waals surface area contributed by atoms with Crippen LogP contribution in [-0.4, -0.2) is 9.55 Å². The lowest BCUT2D eigenvalue weighted by Gasteiger charge is -2.09. The van der Waals surface area contributed by atoms with E-state index >= 15 is 0 Å². The molecule has 3 aromatic rings. The third-order valence-electron chi connectivity index (χ3n) is 3.34. The lowest BCUT2D eigenvalue weighted by Crippen LogP contribution is -2.32. The van der Waals surface area contributed by atoms with E-state index in [4.69, 9.17) is 0 Å². The molecule has 0 radical (unpaired) electrons. The maximum Gasteiger partial charge on any atom is 0.236 e. The third kappa shape index (κ3) is 2.03. The molecule has 0 saturated carbocycles. The molecule has 19 heavy (non-hydrogen) atoms. The molecule has 3 rings (SSSR count). The number of rotatable bonds is 2. The fraction of sp³-hybridized carbons (Fsp3) is 0.125. The van der Waals surface area contributed by atoms with Gasteiger partial charge >= 0.3 is 0 Å². The van der Waals surface area contributed by atoms with Crippen LogP contribution < -0.4 is 4.57 Å². The number of pyridine rings is 1. The fourth-order valence-electron chi connectivity index (χ4n) is 2.37. The number of hydrogen-bond donors (Lipinski definition) is 0. The van der Waals surface area contributed by atoms with E-state index < -0.39 is 0 Å². The summed E-state index contributed by atoms with van der Waals surface area (Å²) in [6.45, 7) is 2.14. The summed E-state index contributed by atoms with van der Waals surface area (Å²) in [6, 6.07) is 12.6. The Morgan fingerprint density at radius 3 is 2.68 bits per heavy atom. The Morgan fingerprint density at radius 2 is 1.95 bits per heavy atom. The maximum atomic E-state index is 4.14. The van der Waals surface area contributed by atoms with Crippen molar-refractivity contribution in [3.8, 4) is 16.9 Å². The molecule has 0 N–H and O–H groups in total. The molecule has 0 fully saturated rings. The SMILES string of the molecule is Cc1ccccc1-c1c(-n2ccnc2)ccc[n+]1C. The lowest BCUT2D eigenvalue weighted by atomic mass is 10.0. The summed E-state index contributed by atoms with van der Waals surface area (Å²) in [5, 5.41) is 0. The van der Waals surface area contributed by atoms with Crippen LogP contribution in [0.15, 0.2) is 61.3 Å². The Balaban J connectivity index is 2.29. The van der Waals surface area contributed by atoms with E-state index in [1.54, 1.807) is 6.20 Å². The molecule has 0 saturated heterocycles. The first kappa shape index (κ1) is 11.7. The molecule has 94 valence electrons. The van der Waals surface area contributed by atoms with Gasteiger partial charge in [-0.3, -0.25) is 0 Å². The van der Waals surface area contributed by atoms with Crippen LogP contribution in [0.3, 0.4) is 0 Å². The van der Waals surface area contributed by atoms with Crippen molar-refractivity contribution in [2.75, 3.05) is 0 Å². The normalized spacial score (nSPS) is 10.6. The van der Waals surface area contributed by atoms with E-state index in [0.29, 0.717) is 0 Å². The molecule has 0 bridgehead atoms. The van der Waals surface area contributed by atoms with E-state index in [0.717, 1.165) is 5.69 Å². The van der Waals surface area contributed by atoms with Gasteiger partial charge in [0, 0.05) is 18.5 Å². The van der Waals surface area contributed by atoms with Gasteiger partial charge in [0.15, 0.2) is 6.20 Å². The molecule has 0 unspecified atom stereocenters. The minimum atomic E-state index is 1.14. The largest absolute Gasteiger partial charge is 0.300 e. The summed E-state index contributed by atoms with van der Waals surface area (Å²) in [5.41, 5.74) is 4.84. The number of aromatic nitrogens is 3. The van der Waals surface area contributed by atoms with Crippen molar-refractivity contribution in [2.24, 2.45) is 7.05 Å². The number of hydrogen-bond acceptors (Lipinski definition) is 1. The van der Waals surface area contributed by atoms with Gasteiger partial charge in [-0.15, -0.1) is 0 Å². The van der Waals surface area contributed by atoms with Crippen molar-refractivity contribution in [1.82, 2.24) is 9.55 Å². The lowest BCUT2D eigenvalue weighted by molar-refractivity contribution is -0.660. The first-order valence-electron chi connectivity index (χ1n) is 6.30. The van der Waals surface area contributed by atoms with Gasteiger partial charge in [0.05, 0.1) is 11.9 Å². The zero-order chi connectivity index (χ0) is 13.2. The maximum absolute atomic E-state index is 4.14. The first-order valence-corrected chi connectivity index (χ1v) is 6.30. The first-order chi connectivity index (χ1) is 9.27. The van der Waals surface area contributed by atoms with Gasteiger partial charge in [-0.2, -0.15) is 4.57 Å². The van der Waals surface area contributed by atoms with E-state index in [9.17, 15) is 0 Å². The van der Waals surface area contributed by atoms with Gasteiger partial charge in [-0.05, 0) is 24.6 Å². The van der Waals surface area contributed by atoms with Crippen molar-refractivity contribution >= 4 is 0 Å². The minimum absolute atomic E-state index is 1.14. The number of imidazole rings is 1. The summed E-state index contributed by atoms with van der Waals surface area (Å²) in [7, 11) is 2.07. The fourth-order valence-corrected chi connectivity index (χ4v) is 2.37. The van der Waals surface area contributed by atoms with Crippen molar-refractivity contribution in [2.45, 2.75) is 6.92 Å². The Bertz CT molecular complexity index is 700. The van der Waals surface area contributed by atoms with Crippen LogP contribution in [0.4, 0.5) is 0 Å². The van der Waals surface area contributed by atoms with Gasteiger partial charge in [-0.1, -0.05) is 18.2 Å². The quantitative estimate of drug-likeness (QED) is 0.641. The Labute approximate surface area is 112 Å². The molecule has 3 heteroatoms. The topological polar surface area (TPSA) is 21.7 Å². The molecule has 1 aromatic carbocycles. The van der Waals surface area contributed by atoms with Gasteiger partial charge in [0.1, 0.15) is 12.7 Å². The summed E-state index contributed by atoms with van der Waals surface area (Å²) in [4.78, 5) is 4.14. The summed E-state index contributed by atoms with van der Waals surface area (Å²) in [5.74, 6) is 0. The molecule has 3 nitrogen and oxygen atoms in total. The smallest absolute Gasteiger partial charge is 0.236 e. The molecule has 0 amide bonds. The summed E-state index contributed by atoms with van der Waals surface area (Å²) >= 11 is 0. The second-order valence-electron chi connectivity index (χ2n) is 4.64. The highest BCUT2D eigenvalue weighted by Gasteiger charge is 2.18. The van der Waals surface area contributed by atoms with Gasteiger partial charge in [0.25, 0.3) is 0 Å². The second-order valence-corrected chi connectivity index (χ2v) is 4.64. The highest BCUT2D eigenvalue weighted by Crippen LogP contribution is 2.25.